The van der Waals surface area contributed by atoms with Gasteiger partial charge in [0.05, 0.1) is 0 Å². The van der Waals surface area contributed by atoms with Crippen molar-refractivity contribution >= 4 is 5.91 Å². The smallest absolute Gasteiger partial charge is 0.261 e. The molecule has 1 aromatic rings. The number of aromatic nitrogens is 1. The first-order chi connectivity index (χ1) is 9.61. The minimum absolute atomic E-state index is 0. The van der Waals surface area contributed by atoms with Crippen molar-refractivity contribution in [3.63, 3.8) is 0 Å². The van der Waals surface area contributed by atoms with Gasteiger partial charge >= 0.3 is 0 Å². The second-order valence-electron chi connectivity index (χ2n) is 5.26. The molecule has 1 atom stereocenters. The Morgan fingerprint density at radius 1 is 1.30 bits per heavy atom. The first kappa shape index (κ1) is 24.2. The molecule has 0 spiro atoms. The van der Waals surface area contributed by atoms with Crippen LogP contribution in [0.3, 0.4) is 0 Å². The molecule has 2 rings (SSSR count). The quantitative estimate of drug-likeness (QED) is 0.773. The standard InChI is InChI=1S/C16H20N2O2.2H2O.Sc/c1-3-11(2)17-15(19)13-9-10-14(18-16(13)20)12-7-5-4-6-8-12;;;/h1,3,9-12H,2,4-8H2,(H,17,19)(H,18,20);2*1H2;/q-2;;;. The molecular weight excluding hydrogens is 329 g/mol. The van der Waals surface area contributed by atoms with Crippen LogP contribution in [-0.4, -0.2) is 27.9 Å². The zero-order chi connectivity index (χ0) is 14.5. The topological polar surface area (TPSA) is 125 Å². The third-order valence-electron chi connectivity index (χ3n) is 3.77. The number of carbonyl (C=O) groups excluding carboxylic acids is 1. The number of hydrogen-bond donors (Lipinski definition) is 2. The van der Waals surface area contributed by atoms with Gasteiger partial charge in [-0.1, -0.05) is 19.3 Å². The van der Waals surface area contributed by atoms with Crippen LogP contribution >= 0.6 is 0 Å². The summed E-state index contributed by atoms with van der Waals surface area (Å²) in [5.41, 5.74) is 0.678. The van der Waals surface area contributed by atoms with Crippen LogP contribution in [0.1, 0.15) is 54.1 Å². The van der Waals surface area contributed by atoms with Crippen LogP contribution in [0.2, 0.25) is 0 Å². The molecule has 1 amide bonds. The van der Waals surface area contributed by atoms with E-state index in [9.17, 15) is 9.59 Å². The Kier molecular flexibility index (Phi) is 12.1. The Balaban J connectivity index is 0. The maximum absolute atomic E-state index is 12.0. The number of aromatic amines is 1. The molecule has 1 fully saturated rings. The molecule has 0 aliphatic heterocycles. The number of hydrogen-bond acceptors (Lipinski definition) is 2. The Hall–Kier alpha value is -1.05. The summed E-state index contributed by atoms with van der Waals surface area (Å²) in [5.74, 6) is -0.0466. The van der Waals surface area contributed by atoms with E-state index in [4.69, 9.17) is 6.58 Å². The molecule has 0 bridgehead atoms. The number of nitrogens with one attached hydrogen (secondary N) is 2. The molecule has 1 aliphatic rings. The van der Waals surface area contributed by atoms with Gasteiger partial charge < -0.3 is 34.8 Å². The summed E-state index contributed by atoms with van der Waals surface area (Å²) in [4.78, 5) is 26.7. The zero-order valence-corrected chi connectivity index (χ0v) is 14.9. The van der Waals surface area contributed by atoms with Gasteiger partial charge in [0.1, 0.15) is 5.56 Å². The zero-order valence-electron chi connectivity index (χ0n) is 13.1. The predicted molar refractivity (Wildman–Crippen MR) is 85.6 cm³/mol. The van der Waals surface area contributed by atoms with E-state index in [1.54, 1.807) is 6.07 Å². The largest absolute Gasteiger partial charge is 0.519 e. The maximum atomic E-state index is 12.0. The van der Waals surface area contributed by atoms with E-state index in [1.807, 2.05) is 6.07 Å². The normalized spacial score (nSPS) is 15.2. The Labute approximate surface area is 155 Å². The van der Waals surface area contributed by atoms with Crippen molar-refractivity contribution in [1.29, 1.82) is 0 Å². The van der Waals surface area contributed by atoms with Crippen molar-refractivity contribution in [2.24, 2.45) is 0 Å². The summed E-state index contributed by atoms with van der Waals surface area (Å²) in [5, 5.41) is 2.54. The van der Waals surface area contributed by atoms with E-state index in [2.05, 4.69) is 17.2 Å². The summed E-state index contributed by atoms with van der Waals surface area (Å²) in [6.45, 7) is 8.89. The van der Waals surface area contributed by atoms with Gasteiger partial charge in [-0.05, 0) is 30.9 Å². The monoisotopic (exact) mass is 353 g/mol. The molecule has 1 unspecified atom stereocenters. The van der Waals surface area contributed by atoms with Crippen LogP contribution in [0.25, 0.3) is 0 Å². The van der Waals surface area contributed by atoms with Crippen LogP contribution < -0.4 is 10.9 Å². The van der Waals surface area contributed by atoms with Gasteiger partial charge in [-0.15, -0.1) is 6.04 Å². The van der Waals surface area contributed by atoms with E-state index in [1.165, 1.54) is 25.3 Å². The van der Waals surface area contributed by atoms with E-state index < -0.39 is 11.9 Å². The minimum atomic E-state index is -0.514. The predicted octanol–water partition coefficient (Wildman–Crippen LogP) is 0.692. The van der Waals surface area contributed by atoms with Gasteiger partial charge in [-0.3, -0.25) is 15.7 Å². The van der Waals surface area contributed by atoms with E-state index in [0.717, 1.165) is 18.5 Å². The number of H-pyrrole nitrogens is 1. The fraction of sp³-hybridized carbons (Fsp3) is 0.438. The van der Waals surface area contributed by atoms with Gasteiger partial charge in [-0.2, -0.15) is 0 Å². The second kappa shape index (κ2) is 11.5. The molecule has 0 saturated heterocycles. The van der Waals surface area contributed by atoms with Crippen LogP contribution in [0.4, 0.5) is 0 Å². The third kappa shape index (κ3) is 6.53. The van der Waals surface area contributed by atoms with E-state index >= 15 is 0 Å². The van der Waals surface area contributed by atoms with Crippen molar-refractivity contribution in [2.45, 2.75) is 44.1 Å². The number of carbonyl (C=O) groups is 1. The van der Waals surface area contributed by atoms with Crippen molar-refractivity contribution < 1.29 is 41.6 Å². The van der Waals surface area contributed by atoms with Crippen LogP contribution in [0, 0.1) is 13.5 Å². The molecule has 23 heavy (non-hydrogen) atoms. The third-order valence-corrected chi connectivity index (χ3v) is 3.77. The van der Waals surface area contributed by atoms with Gasteiger partial charge in [-0.25, -0.2) is 0 Å². The van der Waals surface area contributed by atoms with Crippen LogP contribution in [0.5, 0.6) is 0 Å². The molecule has 0 aromatic carbocycles. The number of pyridine rings is 1. The first-order valence-corrected chi connectivity index (χ1v) is 7.04. The summed E-state index contributed by atoms with van der Waals surface area (Å²) < 4.78 is 0. The molecule has 1 saturated carbocycles. The molecular formula is C16H24N2O4Sc-2. The van der Waals surface area contributed by atoms with Gasteiger partial charge in [0.2, 0.25) is 0 Å². The Bertz CT molecular complexity index is 553. The van der Waals surface area contributed by atoms with Gasteiger partial charge in [0.25, 0.3) is 11.5 Å². The summed E-state index contributed by atoms with van der Waals surface area (Å²) >= 11 is 0. The SMILES string of the molecule is O.O.[CH-]=CC([CH2-])NC(=O)c1ccc(C2CCCCC2)[nH]c1=O.[Sc]. The van der Waals surface area contributed by atoms with Crippen molar-refractivity contribution in [1.82, 2.24) is 10.3 Å². The fourth-order valence-corrected chi connectivity index (χ4v) is 2.61. The molecule has 1 radical (unpaired) electrons. The molecule has 127 valence electrons. The number of amides is 1. The molecule has 7 heteroatoms. The van der Waals surface area contributed by atoms with Crippen molar-refractivity contribution in [2.75, 3.05) is 0 Å². The molecule has 1 heterocycles. The Morgan fingerprint density at radius 2 is 1.91 bits per heavy atom. The summed E-state index contributed by atoms with van der Waals surface area (Å²) in [6, 6.07) is 2.91. The number of rotatable bonds is 4. The fourth-order valence-electron chi connectivity index (χ4n) is 2.61. The van der Waals surface area contributed by atoms with E-state index in [-0.39, 0.29) is 47.9 Å². The molecule has 1 aromatic heterocycles. The van der Waals surface area contributed by atoms with Crippen LogP contribution in [0.15, 0.2) is 23.0 Å². The molecule has 1 aliphatic carbocycles. The molecule has 6 N–H and O–H groups in total. The van der Waals surface area contributed by atoms with E-state index in [0.29, 0.717) is 5.92 Å². The van der Waals surface area contributed by atoms with Gasteiger partial charge in [0, 0.05) is 31.5 Å². The summed E-state index contributed by atoms with van der Waals surface area (Å²) in [7, 11) is 0. The average Bonchev–Trinajstić information content (AvgIpc) is 2.47. The average molecular weight is 353 g/mol. The van der Waals surface area contributed by atoms with Gasteiger partial charge in [0.15, 0.2) is 0 Å². The van der Waals surface area contributed by atoms with Crippen LogP contribution in [-0.2, 0) is 25.8 Å². The van der Waals surface area contributed by atoms with Crippen molar-refractivity contribution in [3.05, 3.63) is 53.3 Å². The Morgan fingerprint density at radius 3 is 2.43 bits per heavy atom. The first-order valence-electron chi connectivity index (χ1n) is 7.04. The maximum Gasteiger partial charge on any atom is 0.261 e. The summed E-state index contributed by atoms with van der Waals surface area (Å²) in [6.07, 6.45) is 7.13. The minimum Gasteiger partial charge on any atom is -0.519 e. The second-order valence-corrected chi connectivity index (χ2v) is 5.26. The molecule has 6 nitrogen and oxygen atoms in total. The van der Waals surface area contributed by atoms with Crippen molar-refractivity contribution in [3.8, 4) is 0 Å².